The van der Waals surface area contributed by atoms with Crippen LogP contribution in [0.3, 0.4) is 0 Å². The number of rotatable bonds is 5. The lowest BCUT2D eigenvalue weighted by Crippen LogP contribution is -2.24. The molecule has 2 aromatic heterocycles. The van der Waals surface area contributed by atoms with Crippen molar-refractivity contribution in [3.05, 3.63) is 30.1 Å². The van der Waals surface area contributed by atoms with Crippen LogP contribution in [-0.4, -0.2) is 27.6 Å². The van der Waals surface area contributed by atoms with Crippen molar-refractivity contribution in [1.29, 1.82) is 0 Å². The molecule has 2 heterocycles. The second-order valence-electron chi connectivity index (χ2n) is 3.74. The monoisotopic (exact) mass is 264 g/mol. The Labute approximate surface area is 110 Å². The summed E-state index contributed by atoms with van der Waals surface area (Å²) in [6.07, 6.45) is 1.93. The maximum atomic E-state index is 11.4. The van der Waals surface area contributed by atoms with Gasteiger partial charge in [0.15, 0.2) is 0 Å². The number of aromatic nitrogens is 2. The van der Waals surface area contributed by atoms with Crippen LogP contribution in [0, 0.1) is 0 Å². The fraction of sp³-hybridized carbons (Fsp3) is 0.333. The molecule has 0 atom stereocenters. The van der Waals surface area contributed by atoms with Gasteiger partial charge in [-0.25, -0.2) is 4.98 Å². The number of pyridine rings is 1. The van der Waals surface area contributed by atoms with Crippen LogP contribution in [0.1, 0.15) is 12.6 Å². The van der Waals surface area contributed by atoms with Crippen LogP contribution in [0.15, 0.2) is 29.4 Å². The van der Waals surface area contributed by atoms with Gasteiger partial charge in [-0.15, -0.1) is 0 Å². The Morgan fingerprint density at radius 1 is 1.56 bits per heavy atom. The SMILES string of the molecule is CCNC(=O)CSc1nc2ccccn2c1CN. The minimum absolute atomic E-state index is 0.0162. The Morgan fingerprint density at radius 2 is 2.39 bits per heavy atom. The highest BCUT2D eigenvalue weighted by Gasteiger charge is 2.12. The second-order valence-corrected chi connectivity index (χ2v) is 4.70. The summed E-state index contributed by atoms with van der Waals surface area (Å²) in [7, 11) is 0. The highest BCUT2D eigenvalue weighted by atomic mass is 32.2. The predicted molar refractivity (Wildman–Crippen MR) is 72.5 cm³/mol. The zero-order valence-corrected chi connectivity index (χ0v) is 11.0. The fourth-order valence-electron chi connectivity index (χ4n) is 1.71. The van der Waals surface area contributed by atoms with Crippen LogP contribution in [0.5, 0.6) is 0 Å². The Hall–Kier alpha value is -1.53. The summed E-state index contributed by atoms with van der Waals surface area (Å²) in [5, 5.41) is 3.59. The first-order chi connectivity index (χ1) is 8.76. The van der Waals surface area contributed by atoms with E-state index in [9.17, 15) is 4.79 Å². The molecule has 0 radical (unpaired) electrons. The van der Waals surface area contributed by atoms with Gasteiger partial charge in [-0.05, 0) is 19.1 Å². The molecular weight excluding hydrogens is 248 g/mol. The van der Waals surface area contributed by atoms with Gasteiger partial charge in [0, 0.05) is 19.3 Å². The first-order valence-electron chi connectivity index (χ1n) is 5.81. The number of imidazole rings is 1. The number of carbonyl (C=O) groups is 1. The Kier molecular flexibility index (Phi) is 4.22. The molecule has 0 aliphatic heterocycles. The number of nitrogens with zero attached hydrogens (tertiary/aromatic N) is 2. The van der Waals surface area contributed by atoms with Gasteiger partial charge >= 0.3 is 0 Å². The molecular formula is C12H16N4OS. The van der Waals surface area contributed by atoms with Gasteiger partial charge in [0.1, 0.15) is 10.7 Å². The largest absolute Gasteiger partial charge is 0.356 e. The Balaban J connectivity index is 2.19. The lowest BCUT2D eigenvalue weighted by atomic mass is 10.4. The van der Waals surface area contributed by atoms with Crippen molar-refractivity contribution in [2.45, 2.75) is 18.5 Å². The lowest BCUT2D eigenvalue weighted by Gasteiger charge is -2.02. The number of nitrogens with two attached hydrogens (primary N) is 1. The van der Waals surface area contributed by atoms with Crippen LogP contribution in [0.25, 0.3) is 5.65 Å². The van der Waals surface area contributed by atoms with Gasteiger partial charge in [0.2, 0.25) is 5.91 Å². The minimum Gasteiger partial charge on any atom is -0.356 e. The van der Waals surface area contributed by atoms with Gasteiger partial charge in [0.25, 0.3) is 0 Å². The third-order valence-corrected chi connectivity index (χ3v) is 3.51. The molecule has 0 fully saturated rings. The summed E-state index contributed by atoms with van der Waals surface area (Å²) in [4.78, 5) is 15.9. The van der Waals surface area contributed by atoms with Crippen molar-refractivity contribution >= 4 is 23.3 Å². The number of fused-ring (bicyclic) bond motifs is 1. The molecule has 3 N–H and O–H groups in total. The van der Waals surface area contributed by atoms with Gasteiger partial charge in [-0.1, -0.05) is 17.8 Å². The highest BCUT2D eigenvalue weighted by molar-refractivity contribution is 7.99. The molecule has 2 aromatic rings. The molecule has 0 unspecified atom stereocenters. The summed E-state index contributed by atoms with van der Waals surface area (Å²) in [5.74, 6) is 0.382. The first-order valence-corrected chi connectivity index (χ1v) is 6.80. The third-order valence-electron chi connectivity index (χ3n) is 2.50. The minimum atomic E-state index is 0.0162. The number of hydrogen-bond donors (Lipinski definition) is 2. The van der Waals surface area contributed by atoms with Crippen LogP contribution < -0.4 is 11.1 Å². The summed E-state index contributed by atoms with van der Waals surface area (Å²) in [6.45, 7) is 2.95. The zero-order valence-electron chi connectivity index (χ0n) is 10.2. The van der Waals surface area contributed by atoms with Crippen LogP contribution in [-0.2, 0) is 11.3 Å². The van der Waals surface area contributed by atoms with E-state index in [2.05, 4.69) is 10.3 Å². The van der Waals surface area contributed by atoms with E-state index in [1.54, 1.807) is 0 Å². The smallest absolute Gasteiger partial charge is 0.230 e. The van der Waals surface area contributed by atoms with Crippen LogP contribution in [0.4, 0.5) is 0 Å². The average molecular weight is 264 g/mol. The average Bonchev–Trinajstić information content (AvgIpc) is 2.74. The summed E-state index contributed by atoms with van der Waals surface area (Å²) in [6, 6.07) is 5.79. The molecule has 0 saturated heterocycles. The van der Waals surface area contributed by atoms with E-state index in [0.717, 1.165) is 16.4 Å². The second kappa shape index (κ2) is 5.88. The van der Waals surface area contributed by atoms with Gasteiger partial charge in [0.05, 0.1) is 11.4 Å². The summed E-state index contributed by atoms with van der Waals surface area (Å²) < 4.78 is 1.96. The maximum absolute atomic E-state index is 11.4. The van der Waals surface area contributed by atoms with Crippen molar-refractivity contribution in [2.75, 3.05) is 12.3 Å². The number of thioether (sulfide) groups is 1. The number of hydrogen-bond acceptors (Lipinski definition) is 4. The van der Waals surface area contributed by atoms with E-state index in [-0.39, 0.29) is 5.91 Å². The van der Waals surface area contributed by atoms with E-state index in [4.69, 9.17) is 5.73 Å². The molecule has 96 valence electrons. The van der Waals surface area contributed by atoms with Crippen molar-refractivity contribution in [1.82, 2.24) is 14.7 Å². The molecule has 18 heavy (non-hydrogen) atoms. The molecule has 0 aromatic carbocycles. The standard InChI is InChI=1S/C12H16N4OS/c1-2-14-11(17)8-18-12-9(7-13)16-6-4-3-5-10(16)15-12/h3-6H,2,7-8,13H2,1H3,(H,14,17). The molecule has 0 spiro atoms. The van der Waals surface area contributed by atoms with Gasteiger partial charge < -0.3 is 15.5 Å². The molecule has 0 saturated carbocycles. The molecule has 2 rings (SSSR count). The number of amides is 1. The lowest BCUT2D eigenvalue weighted by molar-refractivity contribution is -0.118. The number of nitrogens with one attached hydrogen (secondary N) is 1. The molecule has 6 heteroatoms. The Morgan fingerprint density at radius 3 is 3.11 bits per heavy atom. The van der Waals surface area contributed by atoms with Crippen LogP contribution in [0.2, 0.25) is 0 Å². The van der Waals surface area contributed by atoms with Crippen LogP contribution >= 0.6 is 11.8 Å². The highest BCUT2D eigenvalue weighted by Crippen LogP contribution is 2.22. The van der Waals surface area contributed by atoms with E-state index in [0.29, 0.717) is 18.8 Å². The quantitative estimate of drug-likeness (QED) is 0.791. The van der Waals surface area contributed by atoms with Crippen molar-refractivity contribution < 1.29 is 4.79 Å². The van der Waals surface area contributed by atoms with Gasteiger partial charge in [-0.2, -0.15) is 0 Å². The van der Waals surface area contributed by atoms with Gasteiger partial charge in [-0.3, -0.25) is 4.79 Å². The Bertz CT molecular complexity index is 552. The van der Waals surface area contributed by atoms with Crippen molar-refractivity contribution in [2.24, 2.45) is 5.73 Å². The molecule has 0 bridgehead atoms. The molecule has 5 nitrogen and oxygen atoms in total. The molecule has 1 amide bonds. The maximum Gasteiger partial charge on any atom is 0.230 e. The van der Waals surface area contributed by atoms with E-state index < -0.39 is 0 Å². The number of carbonyl (C=O) groups excluding carboxylic acids is 1. The molecule has 0 aliphatic rings. The summed E-state index contributed by atoms with van der Waals surface area (Å²) >= 11 is 1.42. The summed E-state index contributed by atoms with van der Waals surface area (Å²) in [5.41, 5.74) is 7.55. The topological polar surface area (TPSA) is 72.4 Å². The van der Waals surface area contributed by atoms with E-state index in [1.165, 1.54) is 11.8 Å². The predicted octanol–water partition coefficient (Wildman–Crippen LogP) is 1.02. The zero-order chi connectivity index (χ0) is 13.0. The fourth-order valence-corrected chi connectivity index (χ4v) is 2.58. The first kappa shape index (κ1) is 12.9. The van der Waals surface area contributed by atoms with E-state index >= 15 is 0 Å². The normalized spacial score (nSPS) is 10.8. The van der Waals surface area contributed by atoms with Crippen molar-refractivity contribution in [3.8, 4) is 0 Å². The third kappa shape index (κ3) is 2.65. The molecule has 0 aliphatic carbocycles. The van der Waals surface area contributed by atoms with Crippen molar-refractivity contribution in [3.63, 3.8) is 0 Å². The van der Waals surface area contributed by atoms with E-state index in [1.807, 2.05) is 35.7 Å².